The second kappa shape index (κ2) is 9.86. The summed E-state index contributed by atoms with van der Waals surface area (Å²) in [5, 5.41) is 11.4. The van der Waals surface area contributed by atoms with E-state index in [4.69, 9.17) is 0 Å². The van der Waals surface area contributed by atoms with Crippen molar-refractivity contribution in [1.29, 1.82) is 0 Å². The molecule has 0 aliphatic rings. The topological polar surface area (TPSA) is 106 Å². The number of carbonyl (C=O) groups excluding carboxylic acids is 1. The average molecular weight is 412 g/mol. The van der Waals surface area contributed by atoms with E-state index in [-0.39, 0.29) is 16.6 Å². The first-order valence-electron chi connectivity index (χ1n) is 8.72. The van der Waals surface area contributed by atoms with E-state index in [9.17, 15) is 13.2 Å². The van der Waals surface area contributed by atoms with Crippen LogP contribution in [0.5, 0.6) is 0 Å². The number of aryl methyl sites for hydroxylation is 2. The zero-order valence-corrected chi connectivity index (χ0v) is 17.4. The number of amides is 1. The first-order valence-corrected chi connectivity index (χ1v) is 11.2. The normalized spacial score (nSPS) is 11.5. The van der Waals surface area contributed by atoms with Crippen LogP contribution >= 0.6 is 11.8 Å². The molecule has 0 radical (unpaired) electrons. The van der Waals surface area contributed by atoms with Crippen LogP contribution in [0.15, 0.2) is 34.6 Å². The Balaban J connectivity index is 1.97. The number of thioether (sulfide) groups is 1. The SMILES string of the molecule is CCCCCn1cnnc1SCC(=O)Nc1ccc(C)c(S(=O)(=O)NC)c1. The number of carbonyl (C=O) groups is 1. The Morgan fingerprint density at radius 3 is 2.78 bits per heavy atom. The Kier molecular flexibility index (Phi) is 7.81. The lowest BCUT2D eigenvalue weighted by Gasteiger charge is -2.10. The fourth-order valence-corrected chi connectivity index (χ4v) is 4.18. The lowest BCUT2D eigenvalue weighted by Crippen LogP contribution is -2.20. The number of anilines is 1. The van der Waals surface area contributed by atoms with Crippen molar-refractivity contribution < 1.29 is 13.2 Å². The fraction of sp³-hybridized carbons (Fsp3) is 0.471. The molecule has 0 aliphatic heterocycles. The summed E-state index contributed by atoms with van der Waals surface area (Å²) < 4.78 is 28.3. The van der Waals surface area contributed by atoms with Gasteiger partial charge < -0.3 is 9.88 Å². The zero-order chi connectivity index (χ0) is 19.9. The Morgan fingerprint density at radius 2 is 2.07 bits per heavy atom. The van der Waals surface area contributed by atoms with Crippen molar-refractivity contribution in [3.63, 3.8) is 0 Å². The molecule has 0 atom stereocenters. The van der Waals surface area contributed by atoms with Gasteiger partial charge in [-0.3, -0.25) is 4.79 Å². The second-order valence-corrected chi connectivity index (χ2v) is 8.84. The largest absolute Gasteiger partial charge is 0.325 e. The monoisotopic (exact) mass is 411 g/mol. The summed E-state index contributed by atoms with van der Waals surface area (Å²) in [5.41, 5.74) is 1.04. The molecule has 27 heavy (non-hydrogen) atoms. The summed E-state index contributed by atoms with van der Waals surface area (Å²) in [6.45, 7) is 4.68. The molecule has 10 heteroatoms. The molecule has 0 saturated carbocycles. The van der Waals surface area contributed by atoms with E-state index in [0.29, 0.717) is 16.4 Å². The molecule has 2 rings (SSSR count). The van der Waals surface area contributed by atoms with Crippen LogP contribution in [0.3, 0.4) is 0 Å². The number of unbranched alkanes of at least 4 members (excludes halogenated alkanes) is 2. The van der Waals surface area contributed by atoms with Crippen molar-refractivity contribution in [1.82, 2.24) is 19.5 Å². The van der Waals surface area contributed by atoms with E-state index in [2.05, 4.69) is 27.2 Å². The van der Waals surface area contributed by atoms with E-state index in [1.165, 1.54) is 24.9 Å². The minimum atomic E-state index is -3.58. The number of nitrogens with one attached hydrogen (secondary N) is 2. The van der Waals surface area contributed by atoms with Crippen LogP contribution in [0.4, 0.5) is 5.69 Å². The number of nitrogens with zero attached hydrogens (tertiary/aromatic N) is 3. The van der Waals surface area contributed by atoms with Crippen LogP contribution in [0.1, 0.15) is 31.7 Å². The average Bonchev–Trinajstić information content (AvgIpc) is 3.09. The van der Waals surface area contributed by atoms with Gasteiger partial charge in [0.2, 0.25) is 15.9 Å². The summed E-state index contributed by atoms with van der Waals surface area (Å²) in [7, 11) is -2.23. The molecule has 0 spiro atoms. The molecular weight excluding hydrogens is 386 g/mol. The maximum atomic E-state index is 12.2. The van der Waals surface area contributed by atoms with Gasteiger partial charge in [-0.2, -0.15) is 0 Å². The van der Waals surface area contributed by atoms with E-state index >= 15 is 0 Å². The maximum absolute atomic E-state index is 12.2. The molecule has 8 nitrogen and oxygen atoms in total. The molecule has 0 unspecified atom stereocenters. The van der Waals surface area contributed by atoms with Crippen LogP contribution < -0.4 is 10.0 Å². The Bertz CT molecular complexity index is 880. The van der Waals surface area contributed by atoms with E-state index in [1.807, 2.05) is 4.57 Å². The third-order valence-electron chi connectivity index (χ3n) is 3.95. The Hall–Kier alpha value is -1.91. The molecule has 148 valence electrons. The summed E-state index contributed by atoms with van der Waals surface area (Å²) in [5.74, 6) is -0.0752. The van der Waals surface area contributed by atoms with Gasteiger partial charge in [0.15, 0.2) is 5.16 Å². The molecule has 1 aromatic carbocycles. The minimum absolute atomic E-state index is 0.145. The molecule has 1 amide bonds. The van der Waals surface area contributed by atoms with Gasteiger partial charge in [-0.15, -0.1) is 10.2 Å². The van der Waals surface area contributed by atoms with Crippen molar-refractivity contribution in [2.24, 2.45) is 0 Å². The molecular formula is C17H25N5O3S2. The highest BCUT2D eigenvalue weighted by molar-refractivity contribution is 7.99. The predicted molar refractivity (Wildman–Crippen MR) is 106 cm³/mol. The number of hydrogen-bond acceptors (Lipinski definition) is 6. The van der Waals surface area contributed by atoms with Crippen LogP contribution in [0.2, 0.25) is 0 Å². The highest BCUT2D eigenvalue weighted by atomic mass is 32.2. The van der Waals surface area contributed by atoms with Crippen molar-refractivity contribution in [2.75, 3.05) is 18.1 Å². The van der Waals surface area contributed by atoms with E-state index in [0.717, 1.165) is 25.8 Å². The fourth-order valence-electron chi connectivity index (χ4n) is 2.45. The van der Waals surface area contributed by atoms with Crippen molar-refractivity contribution in [2.45, 2.75) is 49.7 Å². The van der Waals surface area contributed by atoms with Gasteiger partial charge in [0.25, 0.3) is 0 Å². The van der Waals surface area contributed by atoms with E-state index < -0.39 is 10.0 Å². The summed E-state index contributed by atoms with van der Waals surface area (Å²) in [6, 6.07) is 4.80. The third kappa shape index (κ3) is 6.05. The number of rotatable bonds is 10. The third-order valence-corrected chi connectivity index (χ3v) is 6.48. The molecule has 0 fully saturated rings. The van der Waals surface area contributed by atoms with Crippen molar-refractivity contribution in [3.8, 4) is 0 Å². The number of aromatic nitrogens is 3. The minimum Gasteiger partial charge on any atom is -0.325 e. The lowest BCUT2D eigenvalue weighted by atomic mass is 10.2. The summed E-state index contributed by atoms with van der Waals surface area (Å²) >= 11 is 1.30. The van der Waals surface area contributed by atoms with Crippen LogP contribution in [-0.2, 0) is 21.4 Å². The second-order valence-electron chi connectivity index (χ2n) is 6.04. The van der Waals surface area contributed by atoms with Crippen molar-refractivity contribution in [3.05, 3.63) is 30.1 Å². The van der Waals surface area contributed by atoms with Gasteiger partial charge in [-0.05, 0) is 38.1 Å². The number of sulfonamides is 1. The quantitative estimate of drug-likeness (QED) is 0.459. The van der Waals surface area contributed by atoms with Crippen LogP contribution in [0, 0.1) is 6.92 Å². The number of benzene rings is 1. The highest BCUT2D eigenvalue weighted by Crippen LogP contribution is 2.21. The van der Waals surface area contributed by atoms with E-state index in [1.54, 1.807) is 25.4 Å². The van der Waals surface area contributed by atoms with Crippen LogP contribution in [0.25, 0.3) is 0 Å². The predicted octanol–water partition coefficient (Wildman–Crippen LogP) is 2.42. The van der Waals surface area contributed by atoms with Gasteiger partial charge in [-0.25, -0.2) is 13.1 Å². The van der Waals surface area contributed by atoms with Gasteiger partial charge >= 0.3 is 0 Å². The van der Waals surface area contributed by atoms with Gasteiger partial charge in [-0.1, -0.05) is 37.6 Å². The smallest absolute Gasteiger partial charge is 0.240 e. The first kappa shape index (κ1) is 21.4. The molecule has 0 aliphatic carbocycles. The van der Waals surface area contributed by atoms with Gasteiger partial charge in [0, 0.05) is 12.2 Å². The first-order chi connectivity index (χ1) is 12.9. The zero-order valence-electron chi connectivity index (χ0n) is 15.7. The maximum Gasteiger partial charge on any atom is 0.240 e. The summed E-state index contributed by atoms with van der Waals surface area (Å²) in [4.78, 5) is 12.4. The highest BCUT2D eigenvalue weighted by Gasteiger charge is 2.16. The Morgan fingerprint density at radius 1 is 1.30 bits per heavy atom. The standard InChI is InChI=1S/C17H25N5O3S2/c1-4-5-6-9-22-12-19-21-17(22)26-11-16(23)20-14-8-7-13(2)15(10-14)27(24,25)18-3/h7-8,10,12,18H,4-6,9,11H2,1-3H3,(H,20,23). The van der Waals surface area contributed by atoms with Crippen molar-refractivity contribution >= 4 is 33.4 Å². The van der Waals surface area contributed by atoms with Gasteiger partial charge in [0.05, 0.1) is 10.6 Å². The molecule has 0 saturated heterocycles. The van der Waals surface area contributed by atoms with Crippen LogP contribution in [-0.4, -0.2) is 41.9 Å². The molecule has 2 aromatic rings. The molecule has 2 N–H and O–H groups in total. The molecule has 1 aromatic heterocycles. The Labute approximate surface area is 164 Å². The lowest BCUT2D eigenvalue weighted by molar-refractivity contribution is -0.113. The molecule has 0 bridgehead atoms. The van der Waals surface area contributed by atoms with Gasteiger partial charge in [0.1, 0.15) is 6.33 Å². The number of hydrogen-bond donors (Lipinski definition) is 2. The summed E-state index contributed by atoms with van der Waals surface area (Å²) in [6.07, 6.45) is 4.98. The molecule has 1 heterocycles.